The molecule has 0 aromatic carbocycles. The average molecular weight is 154 g/mol. The van der Waals surface area contributed by atoms with Crippen molar-refractivity contribution < 1.29 is 0 Å². The second kappa shape index (κ2) is 2.76. The van der Waals surface area contributed by atoms with E-state index in [0.29, 0.717) is 0 Å². The molecule has 0 radical (unpaired) electrons. The van der Waals surface area contributed by atoms with Crippen LogP contribution in [-0.4, -0.2) is 48.6 Å². The van der Waals surface area contributed by atoms with Crippen molar-refractivity contribution in [1.29, 1.82) is 0 Å². The SMILES string of the molecule is CCCCN1CC2C(C1)N2C. The van der Waals surface area contributed by atoms with Gasteiger partial charge < -0.3 is 4.90 Å². The van der Waals surface area contributed by atoms with Gasteiger partial charge in [-0.2, -0.15) is 0 Å². The molecule has 2 fully saturated rings. The summed E-state index contributed by atoms with van der Waals surface area (Å²) >= 11 is 0. The molecule has 2 aliphatic rings. The van der Waals surface area contributed by atoms with Gasteiger partial charge in [0.05, 0.1) is 0 Å². The van der Waals surface area contributed by atoms with Gasteiger partial charge in [0.2, 0.25) is 0 Å². The molecule has 0 saturated carbocycles. The van der Waals surface area contributed by atoms with Crippen LogP contribution in [0.4, 0.5) is 0 Å². The molecular weight excluding hydrogens is 136 g/mol. The largest absolute Gasteiger partial charge is 0.300 e. The molecule has 0 bridgehead atoms. The van der Waals surface area contributed by atoms with Crippen LogP contribution in [0, 0.1) is 0 Å². The summed E-state index contributed by atoms with van der Waals surface area (Å²) in [5.74, 6) is 0. The van der Waals surface area contributed by atoms with Crippen LogP contribution in [0.2, 0.25) is 0 Å². The lowest BCUT2D eigenvalue weighted by Gasteiger charge is -2.18. The minimum absolute atomic E-state index is 0.923. The predicted molar refractivity (Wildman–Crippen MR) is 46.7 cm³/mol. The highest BCUT2D eigenvalue weighted by atomic mass is 15.4. The summed E-state index contributed by atoms with van der Waals surface area (Å²) in [7, 11) is 2.24. The lowest BCUT2D eigenvalue weighted by Crippen LogP contribution is -2.28. The topological polar surface area (TPSA) is 6.25 Å². The first-order valence-electron chi connectivity index (χ1n) is 4.77. The highest BCUT2D eigenvalue weighted by Crippen LogP contribution is 2.32. The molecule has 0 amide bonds. The second-order valence-corrected chi connectivity index (χ2v) is 3.91. The number of piperazine rings is 1. The van der Waals surface area contributed by atoms with Gasteiger partial charge >= 0.3 is 0 Å². The maximum atomic E-state index is 2.61. The minimum Gasteiger partial charge on any atom is -0.300 e. The Hall–Kier alpha value is -0.0800. The first kappa shape index (κ1) is 7.56. The zero-order chi connectivity index (χ0) is 7.84. The Kier molecular flexibility index (Phi) is 1.90. The monoisotopic (exact) mass is 154 g/mol. The molecule has 0 aromatic heterocycles. The normalized spacial score (nSPS) is 42.5. The number of hydrogen-bond acceptors (Lipinski definition) is 2. The zero-order valence-corrected chi connectivity index (χ0v) is 7.58. The summed E-state index contributed by atoms with van der Waals surface area (Å²) in [5.41, 5.74) is 0. The third-order valence-electron chi connectivity index (χ3n) is 3.12. The molecule has 2 saturated heterocycles. The molecule has 2 heterocycles. The number of hydrogen-bond donors (Lipinski definition) is 0. The van der Waals surface area contributed by atoms with Crippen molar-refractivity contribution in [3.63, 3.8) is 0 Å². The summed E-state index contributed by atoms with van der Waals surface area (Å²) in [6.45, 7) is 6.27. The summed E-state index contributed by atoms with van der Waals surface area (Å²) in [5, 5.41) is 0. The van der Waals surface area contributed by atoms with E-state index in [9.17, 15) is 0 Å². The van der Waals surface area contributed by atoms with Gasteiger partial charge in [-0.3, -0.25) is 4.90 Å². The van der Waals surface area contributed by atoms with Crippen molar-refractivity contribution in [2.75, 3.05) is 26.7 Å². The first-order chi connectivity index (χ1) is 5.33. The number of rotatable bonds is 3. The van der Waals surface area contributed by atoms with E-state index in [1.54, 1.807) is 0 Å². The van der Waals surface area contributed by atoms with E-state index in [0.717, 1.165) is 12.1 Å². The van der Waals surface area contributed by atoms with Crippen molar-refractivity contribution in [3.05, 3.63) is 0 Å². The molecule has 11 heavy (non-hydrogen) atoms. The van der Waals surface area contributed by atoms with Crippen LogP contribution in [0.15, 0.2) is 0 Å². The molecule has 2 rings (SSSR count). The Morgan fingerprint density at radius 1 is 1.27 bits per heavy atom. The molecule has 0 spiro atoms. The molecule has 64 valence electrons. The fourth-order valence-corrected chi connectivity index (χ4v) is 2.14. The highest BCUT2D eigenvalue weighted by molar-refractivity contribution is 5.08. The molecular formula is C9H18N2. The van der Waals surface area contributed by atoms with E-state index >= 15 is 0 Å². The number of unbranched alkanes of at least 4 members (excludes halogenated alkanes) is 1. The van der Waals surface area contributed by atoms with Crippen LogP contribution in [0.25, 0.3) is 0 Å². The number of nitrogens with zero attached hydrogens (tertiary/aromatic N) is 2. The molecule has 2 heteroatoms. The third-order valence-corrected chi connectivity index (χ3v) is 3.12. The van der Waals surface area contributed by atoms with Gasteiger partial charge in [-0.05, 0) is 20.0 Å². The first-order valence-corrected chi connectivity index (χ1v) is 4.77. The lowest BCUT2D eigenvalue weighted by atomic mass is 10.3. The van der Waals surface area contributed by atoms with E-state index in [1.165, 1.54) is 32.5 Å². The van der Waals surface area contributed by atoms with Crippen molar-refractivity contribution in [2.24, 2.45) is 0 Å². The fraction of sp³-hybridized carbons (Fsp3) is 1.00. The Morgan fingerprint density at radius 2 is 1.91 bits per heavy atom. The van der Waals surface area contributed by atoms with Gasteiger partial charge in [0.25, 0.3) is 0 Å². The molecule has 0 aliphatic carbocycles. The summed E-state index contributed by atoms with van der Waals surface area (Å²) < 4.78 is 0. The van der Waals surface area contributed by atoms with Crippen LogP contribution < -0.4 is 0 Å². The number of likely N-dealkylation sites (N-methyl/N-ethyl adjacent to an activating group) is 1. The standard InChI is InChI=1S/C9H18N2/c1-3-4-5-11-6-8-9(7-11)10(8)2/h8-9H,3-7H2,1-2H3. The molecule has 2 unspecified atom stereocenters. The second-order valence-electron chi connectivity index (χ2n) is 3.91. The van der Waals surface area contributed by atoms with Gasteiger partial charge in [0.15, 0.2) is 0 Å². The van der Waals surface area contributed by atoms with E-state index in [1.807, 2.05) is 0 Å². The lowest BCUT2D eigenvalue weighted by molar-refractivity contribution is 0.268. The maximum Gasteiger partial charge on any atom is 0.0392 e. The smallest absolute Gasteiger partial charge is 0.0392 e. The molecule has 0 N–H and O–H groups in total. The van der Waals surface area contributed by atoms with Gasteiger partial charge in [0, 0.05) is 25.2 Å². The van der Waals surface area contributed by atoms with Crippen molar-refractivity contribution >= 4 is 0 Å². The average Bonchev–Trinajstić information content (AvgIpc) is 2.54. The van der Waals surface area contributed by atoms with Gasteiger partial charge in [0.1, 0.15) is 0 Å². The van der Waals surface area contributed by atoms with Crippen LogP contribution in [0.5, 0.6) is 0 Å². The highest BCUT2D eigenvalue weighted by Gasteiger charge is 2.50. The van der Waals surface area contributed by atoms with Gasteiger partial charge in [-0.25, -0.2) is 0 Å². The Balaban J connectivity index is 1.69. The Labute approximate surface area is 69.2 Å². The Morgan fingerprint density at radius 3 is 2.45 bits per heavy atom. The van der Waals surface area contributed by atoms with E-state index < -0.39 is 0 Å². The van der Waals surface area contributed by atoms with Crippen LogP contribution in [-0.2, 0) is 0 Å². The molecule has 2 atom stereocenters. The van der Waals surface area contributed by atoms with Gasteiger partial charge in [-0.15, -0.1) is 0 Å². The van der Waals surface area contributed by atoms with Crippen molar-refractivity contribution in [3.8, 4) is 0 Å². The maximum absolute atomic E-state index is 2.61. The van der Waals surface area contributed by atoms with Crippen LogP contribution >= 0.6 is 0 Å². The molecule has 0 aromatic rings. The summed E-state index contributed by atoms with van der Waals surface area (Å²) in [6.07, 6.45) is 2.71. The number of likely N-dealkylation sites (tertiary alicyclic amines) is 1. The van der Waals surface area contributed by atoms with Gasteiger partial charge in [-0.1, -0.05) is 13.3 Å². The predicted octanol–water partition coefficient (Wildman–Crippen LogP) is 0.785. The Bertz CT molecular complexity index is 134. The van der Waals surface area contributed by atoms with Crippen molar-refractivity contribution in [1.82, 2.24) is 9.80 Å². The van der Waals surface area contributed by atoms with E-state index in [4.69, 9.17) is 0 Å². The van der Waals surface area contributed by atoms with E-state index in [-0.39, 0.29) is 0 Å². The fourth-order valence-electron chi connectivity index (χ4n) is 2.14. The zero-order valence-electron chi connectivity index (χ0n) is 7.58. The van der Waals surface area contributed by atoms with Crippen LogP contribution in [0.1, 0.15) is 19.8 Å². The van der Waals surface area contributed by atoms with Crippen LogP contribution in [0.3, 0.4) is 0 Å². The minimum atomic E-state index is 0.923. The molecule has 2 nitrogen and oxygen atoms in total. The van der Waals surface area contributed by atoms with E-state index in [2.05, 4.69) is 23.8 Å². The third kappa shape index (κ3) is 1.30. The quantitative estimate of drug-likeness (QED) is 0.554. The van der Waals surface area contributed by atoms with Crippen molar-refractivity contribution in [2.45, 2.75) is 31.8 Å². The number of fused-ring (bicyclic) bond motifs is 1. The summed E-state index contributed by atoms with van der Waals surface area (Å²) in [6, 6.07) is 1.85. The molecule has 2 aliphatic heterocycles. The summed E-state index contributed by atoms with van der Waals surface area (Å²) in [4.78, 5) is 5.10.